The van der Waals surface area contributed by atoms with Gasteiger partial charge in [0.2, 0.25) is 0 Å². The molecule has 0 aromatic carbocycles. The molecule has 2 heterocycles. The molecule has 1 aromatic rings. The van der Waals surface area contributed by atoms with Crippen LogP contribution in [0, 0.1) is 0 Å². The van der Waals surface area contributed by atoms with E-state index >= 15 is 0 Å². The molecule has 0 bridgehead atoms. The molecule has 4 nitrogen and oxygen atoms in total. The first-order valence-electron chi connectivity index (χ1n) is 5.00. The van der Waals surface area contributed by atoms with Crippen LogP contribution in [0.5, 0.6) is 0 Å². The van der Waals surface area contributed by atoms with Gasteiger partial charge in [0.1, 0.15) is 6.10 Å². The van der Waals surface area contributed by atoms with Crippen LogP contribution in [-0.4, -0.2) is 22.8 Å². The highest BCUT2D eigenvalue weighted by Gasteiger charge is 2.19. The minimum Gasteiger partial charge on any atom is -0.443 e. The van der Waals surface area contributed by atoms with Gasteiger partial charge in [-0.2, -0.15) is 0 Å². The van der Waals surface area contributed by atoms with Crippen molar-refractivity contribution in [2.24, 2.45) is 0 Å². The van der Waals surface area contributed by atoms with Gasteiger partial charge in [0.05, 0.1) is 18.7 Å². The van der Waals surface area contributed by atoms with E-state index in [1.165, 1.54) is 0 Å². The maximum Gasteiger partial charge on any atom is 0.197 e. The van der Waals surface area contributed by atoms with Crippen LogP contribution in [-0.2, 0) is 11.2 Å². The average Bonchev–Trinajstić information content (AvgIpc) is 2.75. The van der Waals surface area contributed by atoms with Crippen molar-refractivity contribution in [1.82, 2.24) is 4.98 Å². The van der Waals surface area contributed by atoms with E-state index in [9.17, 15) is 5.11 Å². The summed E-state index contributed by atoms with van der Waals surface area (Å²) in [4.78, 5) is 4.09. The SMILES string of the molecule is CC(O)c1cnc(CC2CCCO2)o1. The Labute approximate surface area is 82.9 Å². The third-order valence-electron chi connectivity index (χ3n) is 2.41. The number of rotatable bonds is 3. The molecule has 1 aliphatic rings. The predicted molar refractivity (Wildman–Crippen MR) is 49.8 cm³/mol. The highest BCUT2D eigenvalue weighted by molar-refractivity contribution is 4.97. The number of aliphatic hydroxyl groups excluding tert-OH is 1. The molecule has 1 aromatic heterocycles. The normalized spacial score (nSPS) is 24.0. The van der Waals surface area contributed by atoms with Gasteiger partial charge in [-0.05, 0) is 19.8 Å². The molecule has 2 atom stereocenters. The molecule has 2 unspecified atom stereocenters. The third kappa shape index (κ3) is 2.13. The molecular weight excluding hydrogens is 182 g/mol. The summed E-state index contributed by atoms with van der Waals surface area (Å²) >= 11 is 0. The van der Waals surface area contributed by atoms with Crippen molar-refractivity contribution in [2.75, 3.05) is 6.61 Å². The first-order valence-corrected chi connectivity index (χ1v) is 5.00. The van der Waals surface area contributed by atoms with Crippen molar-refractivity contribution in [1.29, 1.82) is 0 Å². The lowest BCUT2D eigenvalue weighted by atomic mass is 10.2. The van der Waals surface area contributed by atoms with Gasteiger partial charge in [0.15, 0.2) is 11.7 Å². The molecule has 1 fully saturated rings. The Morgan fingerprint density at radius 3 is 3.14 bits per heavy atom. The largest absolute Gasteiger partial charge is 0.443 e. The number of ether oxygens (including phenoxy) is 1. The van der Waals surface area contributed by atoms with E-state index in [0.717, 1.165) is 19.4 Å². The van der Waals surface area contributed by atoms with Crippen LogP contribution in [0.4, 0.5) is 0 Å². The van der Waals surface area contributed by atoms with Gasteiger partial charge in [-0.25, -0.2) is 4.98 Å². The zero-order valence-corrected chi connectivity index (χ0v) is 8.27. The van der Waals surface area contributed by atoms with E-state index in [1.54, 1.807) is 13.1 Å². The zero-order valence-electron chi connectivity index (χ0n) is 8.27. The fourth-order valence-electron chi connectivity index (χ4n) is 1.61. The van der Waals surface area contributed by atoms with Crippen molar-refractivity contribution in [3.8, 4) is 0 Å². The van der Waals surface area contributed by atoms with Crippen LogP contribution >= 0.6 is 0 Å². The minimum atomic E-state index is -0.583. The van der Waals surface area contributed by atoms with Gasteiger partial charge < -0.3 is 14.3 Å². The lowest BCUT2D eigenvalue weighted by Crippen LogP contribution is -2.08. The van der Waals surface area contributed by atoms with Gasteiger partial charge >= 0.3 is 0 Å². The van der Waals surface area contributed by atoms with Gasteiger partial charge in [-0.15, -0.1) is 0 Å². The van der Waals surface area contributed by atoms with Crippen molar-refractivity contribution in [3.05, 3.63) is 17.8 Å². The number of hydrogen-bond acceptors (Lipinski definition) is 4. The summed E-state index contributed by atoms with van der Waals surface area (Å²) < 4.78 is 10.8. The Hall–Kier alpha value is -0.870. The third-order valence-corrected chi connectivity index (χ3v) is 2.41. The standard InChI is InChI=1S/C10H15NO3/c1-7(12)9-6-11-10(14-9)5-8-3-2-4-13-8/h6-8,12H,2-5H2,1H3. The van der Waals surface area contributed by atoms with Gasteiger partial charge in [0, 0.05) is 6.61 Å². The van der Waals surface area contributed by atoms with E-state index in [-0.39, 0.29) is 6.10 Å². The molecule has 14 heavy (non-hydrogen) atoms. The molecule has 1 N–H and O–H groups in total. The van der Waals surface area contributed by atoms with Crippen LogP contribution < -0.4 is 0 Å². The molecule has 78 valence electrons. The second-order valence-electron chi connectivity index (χ2n) is 3.67. The predicted octanol–water partition coefficient (Wildman–Crippen LogP) is 1.45. The Kier molecular flexibility index (Phi) is 2.84. The fourth-order valence-corrected chi connectivity index (χ4v) is 1.61. The Morgan fingerprint density at radius 1 is 1.71 bits per heavy atom. The number of hydrogen-bond donors (Lipinski definition) is 1. The summed E-state index contributed by atoms with van der Waals surface area (Å²) in [6.07, 6.45) is 4.15. The maximum absolute atomic E-state index is 9.23. The highest BCUT2D eigenvalue weighted by atomic mass is 16.5. The van der Waals surface area contributed by atoms with E-state index < -0.39 is 6.10 Å². The molecule has 2 rings (SSSR count). The Balaban J connectivity index is 1.95. The summed E-state index contributed by atoms with van der Waals surface area (Å²) in [5, 5.41) is 9.23. The lowest BCUT2D eigenvalue weighted by Gasteiger charge is -2.05. The van der Waals surface area contributed by atoms with Gasteiger partial charge in [-0.3, -0.25) is 0 Å². The van der Waals surface area contributed by atoms with Crippen LogP contribution in [0.1, 0.15) is 37.5 Å². The molecule has 0 aliphatic carbocycles. The van der Waals surface area contributed by atoms with Gasteiger partial charge in [-0.1, -0.05) is 0 Å². The Morgan fingerprint density at radius 2 is 2.57 bits per heavy atom. The molecular formula is C10H15NO3. The number of oxazole rings is 1. The quantitative estimate of drug-likeness (QED) is 0.796. The van der Waals surface area contributed by atoms with E-state index in [0.29, 0.717) is 18.1 Å². The Bertz CT molecular complexity index is 289. The first kappa shape index (κ1) is 9.68. The molecule has 0 spiro atoms. The van der Waals surface area contributed by atoms with Crippen molar-refractivity contribution >= 4 is 0 Å². The fraction of sp³-hybridized carbons (Fsp3) is 0.700. The number of aromatic nitrogens is 1. The van der Waals surface area contributed by atoms with Crippen molar-refractivity contribution in [2.45, 2.75) is 38.4 Å². The molecule has 0 radical (unpaired) electrons. The number of nitrogens with zero attached hydrogens (tertiary/aromatic N) is 1. The van der Waals surface area contributed by atoms with Crippen LogP contribution in [0.25, 0.3) is 0 Å². The van der Waals surface area contributed by atoms with E-state index in [2.05, 4.69) is 4.98 Å². The molecule has 0 amide bonds. The zero-order chi connectivity index (χ0) is 9.97. The summed E-state index contributed by atoms with van der Waals surface area (Å²) in [7, 11) is 0. The summed E-state index contributed by atoms with van der Waals surface area (Å²) in [5.41, 5.74) is 0. The first-order chi connectivity index (χ1) is 6.75. The maximum atomic E-state index is 9.23. The highest BCUT2D eigenvalue weighted by Crippen LogP contribution is 2.19. The minimum absolute atomic E-state index is 0.246. The van der Waals surface area contributed by atoms with Crippen molar-refractivity contribution in [3.63, 3.8) is 0 Å². The average molecular weight is 197 g/mol. The van der Waals surface area contributed by atoms with Crippen LogP contribution in [0.15, 0.2) is 10.6 Å². The summed E-state index contributed by atoms with van der Waals surface area (Å²) in [5.74, 6) is 1.19. The van der Waals surface area contributed by atoms with Crippen LogP contribution in [0.2, 0.25) is 0 Å². The smallest absolute Gasteiger partial charge is 0.197 e. The lowest BCUT2D eigenvalue weighted by molar-refractivity contribution is 0.103. The summed E-state index contributed by atoms with van der Waals surface area (Å²) in [6, 6.07) is 0. The monoisotopic (exact) mass is 197 g/mol. The van der Waals surface area contributed by atoms with Crippen LogP contribution in [0.3, 0.4) is 0 Å². The van der Waals surface area contributed by atoms with Crippen molar-refractivity contribution < 1.29 is 14.3 Å². The second-order valence-corrected chi connectivity index (χ2v) is 3.67. The summed E-state index contributed by atoms with van der Waals surface area (Å²) in [6.45, 7) is 2.50. The second kappa shape index (κ2) is 4.11. The molecule has 0 saturated carbocycles. The molecule has 1 aliphatic heterocycles. The number of aliphatic hydroxyl groups is 1. The van der Waals surface area contributed by atoms with E-state index in [4.69, 9.17) is 9.15 Å². The molecule has 1 saturated heterocycles. The van der Waals surface area contributed by atoms with Gasteiger partial charge in [0.25, 0.3) is 0 Å². The van der Waals surface area contributed by atoms with E-state index in [1.807, 2.05) is 0 Å². The topological polar surface area (TPSA) is 55.5 Å². The molecule has 4 heteroatoms.